The Bertz CT molecular complexity index is 2130. The van der Waals surface area contributed by atoms with Crippen molar-refractivity contribution in [3.8, 4) is 0 Å². The van der Waals surface area contributed by atoms with Crippen molar-refractivity contribution in [1.82, 2.24) is 31.2 Å². The number of fused-ring (bicyclic) bond motifs is 2. The number of piperidine rings is 1. The first-order chi connectivity index (χ1) is 27.9. The molecule has 5 rings (SSSR count). The van der Waals surface area contributed by atoms with E-state index in [1.807, 2.05) is 66.9 Å². The Balaban J connectivity index is 1.38. The molecule has 7 amide bonds. The predicted octanol–water partition coefficient (Wildman–Crippen LogP) is 3.28. The monoisotopic (exact) mass is 816 g/mol. The first-order valence-corrected chi connectivity index (χ1v) is 19.8. The standard InChI is InChI=1S/C41H49ClN8O8/c42-23-35(51)47-33(18-19-36(52)53)40(57)50-21-6-5-13-34(50)39(56)49-32(17-15-27-24-45-30-11-4-3-10-29(27)30)38(55)48-31(12-7-20-44-41(43)58)37(54)46-28-16-14-25-8-1-2-9-26(25)22-28/h1-4,8-11,14,16,22,24,31-34,45H,5-7,12-13,15,17-21,23H2,(H,46,54)(H,47,51)(H,48,55)(H,49,56)(H,52,53)(H3,43,44,58)/t31-,32-,33-,34-/m0/s1. The molecule has 1 aliphatic heterocycles. The van der Waals surface area contributed by atoms with Crippen LogP contribution < -0.4 is 32.3 Å². The Kier molecular flexibility index (Phi) is 15.4. The zero-order chi connectivity index (χ0) is 41.6. The molecule has 2 heterocycles. The zero-order valence-corrected chi connectivity index (χ0v) is 32.7. The highest BCUT2D eigenvalue weighted by molar-refractivity contribution is 6.27. The number of carbonyl (C=O) groups is 7. The molecule has 0 unspecified atom stereocenters. The number of halogens is 1. The fourth-order valence-electron chi connectivity index (χ4n) is 7.16. The van der Waals surface area contributed by atoms with E-state index in [0.717, 1.165) is 27.2 Å². The first kappa shape index (κ1) is 43.0. The van der Waals surface area contributed by atoms with Gasteiger partial charge in [-0.25, -0.2) is 4.79 Å². The van der Waals surface area contributed by atoms with Crippen molar-refractivity contribution >= 4 is 80.5 Å². The molecule has 4 aromatic rings. The van der Waals surface area contributed by atoms with Gasteiger partial charge in [0.15, 0.2) is 0 Å². The number of alkyl halides is 1. The summed E-state index contributed by atoms with van der Waals surface area (Å²) < 4.78 is 0. The minimum Gasteiger partial charge on any atom is -0.481 e. The number of carbonyl (C=O) groups excluding carboxylic acids is 6. The van der Waals surface area contributed by atoms with Gasteiger partial charge in [0.25, 0.3) is 0 Å². The summed E-state index contributed by atoms with van der Waals surface area (Å²) in [6.45, 7) is 0.315. The normalized spacial score (nSPS) is 15.5. The molecule has 1 aromatic heterocycles. The highest BCUT2D eigenvalue weighted by atomic mass is 35.5. The predicted molar refractivity (Wildman–Crippen MR) is 219 cm³/mol. The average molecular weight is 817 g/mol. The van der Waals surface area contributed by atoms with Gasteiger partial charge in [0.05, 0.1) is 0 Å². The number of carboxylic acids is 1. The number of H-pyrrole nitrogens is 1. The van der Waals surface area contributed by atoms with Crippen molar-refractivity contribution < 1.29 is 38.7 Å². The molecule has 308 valence electrons. The van der Waals surface area contributed by atoms with Crippen LogP contribution >= 0.6 is 11.6 Å². The van der Waals surface area contributed by atoms with E-state index < -0.39 is 78.0 Å². The van der Waals surface area contributed by atoms with Crippen molar-refractivity contribution in [2.24, 2.45) is 5.73 Å². The number of nitrogens with one attached hydrogen (secondary N) is 6. The third-order valence-corrected chi connectivity index (χ3v) is 10.4. The van der Waals surface area contributed by atoms with E-state index >= 15 is 0 Å². The highest BCUT2D eigenvalue weighted by Crippen LogP contribution is 2.23. The Hall–Kier alpha value is -6.16. The van der Waals surface area contributed by atoms with E-state index in [0.29, 0.717) is 24.9 Å². The van der Waals surface area contributed by atoms with Crippen LogP contribution in [0.3, 0.4) is 0 Å². The number of rotatable bonds is 19. The van der Waals surface area contributed by atoms with Crippen molar-refractivity contribution in [2.75, 3.05) is 24.3 Å². The molecule has 1 aliphatic rings. The molecule has 4 atom stereocenters. The number of urea groups is 1. The van der Waals surface area contributed by atoms with Gasteiger partial charge < -0.3 is 47.3 Å². The SMILES string of the molecule is NC(=O)NCCC[C@H](NC(=O)[C@H](CCc1c[nH]c2ccccc12)NC(=O)[C@@H]1CCCCN1C(=O)[C@H](CCC(=O)O)NC(=O)CCl)C(=O)Nc1ccc2ccccc2c1. The van der Waals surface area contributed by atoms with E-state index in [-0.39, 0.29) is 45.2 Å². The van der Waals surface area contributed by atoms with Gasteiger partial charge in [0.2, 0.25) is 29.5 Å². The van der Waals surface area contributed by atoms with Crippen LogP contribution in [0.1, 0.15) is 56.9 Å². The number of benzene rings is 3. The molecule has 1 fully saturated rings. The zero-order valence-electron chi connectivity index (χ0n) is 31.9. The second-order valence-corrected chi connectivity index (χ2v) is 14.5. The Labute approximate surface area is 340 Å². The minimum absolute atomic E-state index is 0.116. The van der Waals surface area contributed by atoms with Gasteiger partial charge >= 0.3 is 12.0 Å². The van der Waals surface area contributed by atoms with Gasteiger partial charge in [0.1, 0.15) is 30.0 Å². The third-order valence-electron chi connectivity index (χ3n) is 10.1. The maximum Gasteiger partial charge on any atom is 0.312 e. The topological polar surface area (TPSA) is 245 Å². The third kappa shape index (κ3) is 11.9. The van der Waals surface area contributed by atoms with Gasteiger partial charge in [-0.05, 0) is 85.9 Å². The number of nitrogens with zero attached hydrogens (tertiary/aromatic N) is 1. The number of carboxylic acid groups (broad SMARTS) is 1. The van der Waals surface area contributed by atoms with Crippen LogP contribution in [-0.2, 0) is 35.2 Å². The minimum atomic E-state index is -1.23. The molecule has 0 bridgehead atoms. The fraction of sp³-hybridized carbons (Fsp3) is 0.390. The van der Waals surface area contributed by atoms with Crippen LogP contribution in [0.15, 0.2) is 72.9 Å². The lowest BCUT2D eigenvalue weighted by molar-refractivity contribution is -0.146. The second kappa shape index (κ2) is 20.8. The van der Waals surface area contributed by atoms with Crippen molar-refractivity contribution in [3.05, 3.63) is 78.5 Å². The van der Waals surface area contributed by atoms with Crippen molar-refractivity contribution in [3.63, 3.8) is 0 Å². The number of nitrogens with two attached hydrogens (primary N) is 1. The largest absolute Gasteiger partial charge is 0.481 e. The number of amides is 7. The molecule has 3 aromatic carbocycles. The van der Waals surface area contributed by atoms with Gasteiger partial charge in [-0.15, -0.1) is 11.6 Å². The summed E-state index contributed by atoms with van der Waals surface area (Å²) in [5.41, 5.74) is 7.54. The molecular formula is C41H49ClN8O8. The summed E-state index contributed by atoms with van der Waals surface area (Å²) in [4.78, 5) is 95.6. The van der Waals surface area contributed by atoms with E-state index in [4.69, 9.17) is 17.3 Å². The van der Waals surface area contributed by atoms with Crippen molar-refractivity contribution in [2.45, 2.75) is 82.0 Å². The summed E-state index contributed by atoms with van der Waals surface area (Å²) in [5, 5.41) is 25.7. The summed E-state index contributed by atoms with van der Waals surface area (Å²) in [6, 6.07) is 15.5. The number of hydrogen-bond acceptors (Lipinski definition) is 7. The number of para-hydroxylation sites is 1. The molecule has 0 spiro atoms. The summed E-state index contributed by atoms with van der Waals surface area (Å²) >= 11 is 5.67. The number of aryl methyl sites for hydroxylation is 1. The number of primary amides is 1. The van der Waals surface area contributed by atoms with Crippen LogP contribution in [0.4, 0.5) is 10.5 Å². The Morgan fingerprint density at radius 1 is 0.845 bits per heavy atom. The second-order valence-electron chi connectivity index (χ2n) is 14.2. The molecule has 0 aliphatic carbocycles. The smallest absolute Gasteiger partial charge is 0.312 e. The van der Waals surface area contributed by atoms with E-state index in [1.54, 1.807) is 6.07 Å². The van der Waals surface area contributed by atoms with Gasteiger partial charge in [-0.3, -0.25) is 28.8 Å². The van der Waals surface area contributed by atoms with Gasteiger partial charge in [-0.2, -0.15) is 0 Å². The van der Waals surface area contributed by atoms with Crippen LogP contribution in [0.25, 0.3) is 21.7 Å². The molecule has 16 nitrogen and oxygen atoms in total. The van der Waals surface area contributed by atoms with Crippen LogP contribution in [0.2, 0.25) is 0 Å². The lowest BCUT2D eigenvalue weighted by atomic mass is 9.97. The number of aliphatic carboxylic acids is 1. The first-order valence-electron chi connectivity index (χ1n) is 19.3. The quantitative estimate of drug-likeness (QED) is 0.0515. The number of likely N-dealkylation sites (tertiary alicyclic amines) is 1. The van der Waals surface area contributed by atoms with E-state index in [2.05, 4.69) is 31.6 Å². The van der Waals surface area contributed by atoms with Crippen LogP contribution in [-0.4, -0.2) is 99.7 Å². The molecule has 0 saturated carbocycles. The summed E-state index contributed by atoms with van der Waals surface area (Å²) in [6.07, 6.45) is 3.51. The number of anilines is 1. The van der Waals surface area contributed by atoms with E-state index in [1.165, 1.54) is 4.90 Å². The number of hydrogen-bond donors (Lipinski definition) is 8. The van der Waals surface area contributed by atoms with E-state index in [9.17, 15) is 38.7 Å². The maximum atomic E-state index is 14.3. The molecule has 1 saturated heterocycles. The summed E-state index contributed by atoms with van der Waals surface area (Å²) in [5.74, 6) is -4.68. The average Bonchev–Trinajstić information content (AvgIpc) is 3.64. The highest BCUT2D eigenvalue weighted by Gasteiger charge is 2.38. The Morgan fingerprint density at radius 2 is 1.59 bits per heavy atom. The maximum absolute atomic E-state index is 14.3. The number of aromatic amines is 1. The summed E-state index contributed by atoms with van der Waals surface area (Å²) in [7, 11) is 0. The molecule has 0 radical (unpaired) electrons. The molecule has 9 N–H and O–H groups in total. The molecule has 17 heteroatoms. The van der Waals surface area contributed by atoms with Gasteiger partial charge in [0, 0.05) is 42.3 Å². The Morgan fingerprint density at radius 3 is 2.34 bits per heavy atom. The van der Waals surface area contributed by atoms with Crippen LogP contribution in [0, 0.1) is 0 Å². The van der Waals surface area contributed by atoms with Gasteiger partial charge in [-0.1, -0.05) is 48.5 Å². The van der Waals surface area contributed by atoms with Crippen molar-refractivity contribution in [1.29, 1.82) is 0 Å². The number of aromatic nitrogens is 1. The van der Waals surface area contributed by atoms with Crippen LogP contribution in [0.5, 0.6) is 0 Å². The fourth-order valence-corrected chi connectivity index (χ4v) is 7.23. The molecule has 58 heavy (non-hydrogen) atoms. The lowest BCUT2D eigenvalue weighted by Crippen LogP contribution is -2.60. The lowest BCUT2D eigenvalue weighted by Gasteiger charge is -2.37. The molecular weight excluding hydrogens is 768 g/mol.